The number of thiazole rings is 1. The first-order chi connectivity index (χ1) is 15.0. The maximum atomic E-state index is 13.4. The Morgan fingerprint density at radius 1 is 1.16 bits per heavy atom. The van der Waals surface area contributed by atoms with E-state index in [4.69, 9.17) is 4.98 Å². The Hall–Kier alpha value is -2.46. The Kier molecular flexibility index (Phi) is 6.52. The van der Waals surface area contributed by atoms with E-state index >= 15 is 0 Å². The second-order valence-corrected chi connectivity index (χ2v) is 10.1. The first-order valence-electron chi connectivity index (χ1n) is 9.78. The number of sulfonamides is 1. The first-order valence-corrected chi connectivity index (χ1v) is 12.3. The average molecular weight is 493 g/mol. The lowest BCUT2D eigenvalue weighted by Crippen LogP contribution is -2.31. The van der Waals surface area contributed by atoms with Crippen LogP contribution < -0.4 is 5.32 Å². The highest BCUT2D eigenvalue weighted by molar-refractivity contribution is 7.89. The zero-order valence-electron chi connectivity index (χ0n) is 17.1. The predicted octanol–water partition coefficient (Wildman–Crippen LogP) is 3.16. The molecule has 3 aromatic heterocycles. The van der Waals surface area contributed by atoms with Gasteiger partial charge in [0, 0.05) is 43.0 Å². The van der Waals surface area contributed by atoms with Crippen molar-refractivity contribution in [2.45, 2.75) is 6.42 Å². The number of fused-ring (bicyclic) bond motifs is 1. The highest BCUT2D eigenvalue weighted by Gasteiger charge is 2.27. The SMILES string of the molecule is O=S1(=O)CCCN1CCNc1nccc(-c2c(-c3ccc(F)cc3)nc3sccn23)n1.P. The molecule has 4 heterocycles. The highest BCUT2D eigenvalue weighted by atomic mass is 32.2. The molecule has 0 amide bonds. The van der Waals surface area contributed by atoms with E-state index in [0.717, 1.165) is 16.2 Å². The molecule has 8 nitrogen and oxygen atoms in total. The molecule has 32 heavy (non-hydrogen) atoms. The quantitative estimate of drug-likeness (QED) is 0.416. The van der Waals surface area contributed by atoms with Gasteiger partial charge in [-0.05, 0) is 36.8 Å². The third kappa shape index (κ3) is 4.38. The number of nitrogens with one attached hydrogen (secondary N) is 1. The van der Waals surface area contributed by atoms with Crippen molar-refractivity contribution in [3.05, 3.63) is 53.9 Å². The van der Waals surface area contributed by atoms with Gasteiger partial charge in [0.05, 0.1) is 17.1 Å². The van der Waals surface area contributed by atoms with E-state index in [9.17, 15) is 12.8 Å². The zero-order chi connectivity index (χ0) is 21.4. The minimum absolute atomic E-state index is 0. The molecule has 4 aromatic rings. The lowest BCUT2D eigenvalue weighted by molar-refractivity contribution is 0.456. The molecule has 0 spiro atoms. The van der Waals surface area contributed by atoms with Gasteiger partial charge in [0.1, 0.15) is 11.5 Å². The summed E-state index contributed by atoms with van der Waals surface area (Å²) < 4.78 is 40.7. The van der Waals surface area contributed by atoms with E-state index < -0.39 is 10.0 Å². The molecular weight excluding hydrogens is 470 g/mol. The summed E-state index contributed by atoms with van der Waals surface area (Å²) in [6.45, 7) is 1.34. The maximum Gasteiger partial charge on any atom is 0.223 e. The van der Waals surface area contributed by atoms with Gasteiger partial charge in [0.2, 0.25) is 16.0 Å². The molecule has 1 aromatic carbocycles. The normalized spacial score (nSPS) is 15.7. The van der Waals surface area contributed by atoms with Crippen LogP contribution in [0.15, 0.2) is 48.1 Å². The summed E-state index contributed by atoms with van der Waals surface area (Å²) in [5.74, 6) is 0.312. The van der Waals surface area contributed by atoms with E-state index in [2.05, 4.69) is 15.3 Å². The molecule has 5 rings (SSSR count). The number of rotatable bonds is 6. The molecule has 1 aliphatic rings. The number of hydrogen-bond donors (Lipinski definition) is 1. The number of aromatic nitrogens is 4. The van der Waals surface area contributed by atoms with E-state index in [1.165, 1.54) is 27.8 Å². The smallest absolute Gasteiger partial charge is 0.223 e. The second-order valence-electron chi connectivity index (χ2n) is 7.13. The summed E-state index contributed by atoms with van der Waals surface area (Å²) in [4.78, 5) is 14.4. The lowest BCUT2D eigenvalue weighted by atomic mass is 10.1. The first kappa shape index (κ1) is 22.7. The minimum Gasteiger partial charge on any atom is -0.353 e. The van der Waals surface area contributed by atoms with Gasteiger partial charge in [-0.15, -0.1) is 11.3 Å². The fourth-order valence-electron chi connectivity index (χ4n) is 3.65. The summed E-state index contributed by atoms with van der Waals surface area (Å²) in [6, 6.07) is 8.01. The molecule has 0 aliphatic carbocycles. The van der Waals surface area contributed by atoms with E-state index in [1.54, 1.807) is 24.4 Å². The van der Waals surface area contributed by atoms with Gasteiger partial charge in [0.15, 0.2) is 4.96 Å². The third-order valence-electron chi connectivity index (χ3n) is 5.13. The van der Waals surface area contributed by atoms with Crippen LogP contribution in [0.1, 0.15) is 6.42 Å². The van der Waals surface area contributed by atoms with Crippen LogP contribution in [-0.2, 0) is 10.0 Å². The van der Waals surface area contributed by atoms with Crippen LogP contribution in [0.3, 0.4) is 0 Å². The largest absolute Gasteiger partial charge is 0.353 e. The van der Waals surface area contributed by atoms with Gasteiger partial charge in [-0.1, -0.05) is 0 Å². The summed E-state index contributed by atoms with van der Waals surface area (Å²) in [5, 5.41) is 5.06. The molecule has 1 fully saturated rings. The number of imidazole rings is 1. The van der Waals surface area contributed by atoms with Crippen LogP contribution in [-0.4, -0.2) is 57.5 Å². The number of halogens is 1. The van der Waals surface area contributed by atoms with Gasteiger partial charge in [-0.2, -0.15) is 9.90 Å². The van der Waals surface area contributed by atoms with Crippen LogP contribution in [0.4, 0.5) is 10.3 Å². The van der Waals surface area contributed by atoms with Crippen LogP contribution in [0.2, 0.25) is 0 Å². The molecule has 1 saturated heterocycles. The van der Waals surface area contributed by atoms with Gasteiger partial charge < -0.3 is 5.32 Å². The van der Waals surface area contributed by atoms with Crippen molar-refractivity contribution in [1.82, 2.24) is 23.7 Å². The Bertz CT molecular complexity index is 1340. The summed E-state index contributed by atoms with van der Waals surface area (Å²) in [6.07, 6.45) is 4.23. The minimum atomic E-state index is -3.13. The molecular formula is C20H22FN6O2PS2. The van der Waals surface area contributed by atoms with E-state index in [-0.39, 0.29) is 21.5 Å². The fourth-order valence-corrected chi connectivity index (χ4v) is 5.89. The van der Waals surface area contributed by atoms with Crippen LogP contribution in [0, 0.1) is 5.82 Å². The van der Waals surface area contributed by atoms with Crippen molar-refractivity contribution in [2.24, 2.45) is 0 Å². The standard InChI is InChI=1S/C20H19FN6O2S2.H3P/c21-15-4-2-14(3-5-15)17-18(27-11-12-30-20(27)25-17)16-6-7-22-19(24-16)23-8-10-26-9-1-13-31(26,28)29;/h2-7,11-12H,1,8-10,13H2,(H,22,23,24);1H3. The number of hydrogen-bond acceptors (Lipinski definition) is 7. The molecule has 1 atom stereocenters. The predicted molar refractivity (Wildman–Crippen MR) is 129 cm³/mol. The van der Waals surface area contributed by atoms with E-state index in [1.807, 2.05) is 16.0 Å². The Morgan fingerprint density at radius 2 is 1.97 bits per heavy atom. The zero-order valence-corrected chi connectivity index (χ0v) is 20.2. The van der Waals surface area contributed by atoms with Crippen molar-refractivity contribution < 1.29 is 12.8 Å². The van der Waals surface area contributed by atoms with Crippen molar-refractivity contribution in [3.8, 4) is 22.6 Å². The Labute approximate surface area is 192 Å². The van der Waals surface area contributed by atoms with Gasteiger partial charge >= 0.3 is 0 Å². The van der Waals surface area contributed by atoms with Gasteiger partial charge in [-0.25, -0.2) is 32.1 Å². The molecule has 0 radical (unpaired) electrons. The Morgan fingerprint density at radius 3 is 2.72 bits per heavy atom. The van der Waals surface area contributed by atoms with Crippen molar-refractivity contribution in [3.63, 3.8) is 0 Å². The average Bonchev–Trinajstić information content (AvgIpc) is 3.43. The highest BCUT2D eigenvalue weighted by Crippen LogP contribution is 2.33. The molecule has 1 N–H and O–H groups in total. The molecule has 0 saturated carbocycles. The molecule has 168 valence electrons. The third-order valence-corrected chi connectivity index (χ3v) is 7.84. The van der Waals surface area contributed by atoms with Crippen molar-refractivity contribution >= 4 is 42.2 Å². The van der Waals surface area contributed by atoms with Gasteiger partial charge in [0.25, 0.3) is 0 Å². The van der Waals surface area contributed by atoms with E-state index in [0.29, 0.717) is 43.4 Å². The molecule has 1 unspecified atom stereocenters. The number of benzene rings is 1. The number of nitrogens with zero attached hydrogens (tertiary/aromatic N) is 5. The summed E-state index contributed by atoms with van der Waals surface area (Å²) >= 11 is 1.50. The van der Waals surface area contributed by atoms with Crippen LogP contribution in [0.5, 0.6) is 0 Å². The van der Waals surface area contributed by atoms with Crippen LogP contribution in [0.25, 0.3) is 27.6 Å². The topological polar surface area (TPSA) is 92.5 Å². The maximum absolute atomic E-state index is 13.4. The lowest BCUT2D eigenvalue weighted by Gasteiger charge is -2.14. The molecule has 0 bridgehead atoms. The monoisotopic (exact) mass is 492 g/mol. The summed E-state index contributed by atoms with van der Waals surface area (Å²) in [7, 11) is -3.13. The second kappa shape index (κ2) is 9.19. The molecule has 1 aliphatic heterocycles. The Balaban J connectivity index is 0.00000245. The summed E-state index contributed by atoms with van der Waals surface area (Å²) in [5.41, 5.74) is 2.95. The van der Waals surface area contributed by atoms with Crippen LogP contribution >= 0.6 is 21.2 Å². The number of anilines is 1. The van der Waals surface area contributed by atoms with Gasteiger partial charge in [-0.3, -0.25) is 4.40 Å². The van der Waals surface area contributed by atoms with Crippen molar-refractivity contribution in [2.75, 3.05) is 30.7 Å². The van der Waals surface area contributed by atoms with Crippen molar-refractivity contribution in [1.29, 1.82) is 0 Å². The fraction of sp³-hybridized carbons (Fsp3) is 0.250. The molecule has 12 heteroatoms.